The van der Waals surface area contributed by atoms with Crippen LogP contribution in [0.5, 0.6) is 0 Å². The molecule has 1 saturated heterocycles. The summed E-state index contributed by atoms with van der Waals surface area (Å²) in [6, 6.07) is -0.128. The van der Waals surface area contributed by atoms with E-state index in [9.17, 15) is 13.2 Å². The molecule has 1 heterocycles. The highest BCUT2D eigenvalue weighted by Gasteiger charge is 2.25. The van der Waals surface area contributed by atoms with Crippen molar-refractivity contribution in [2.24, 2.45) is 5.92 Å². The summed E-state index contributed by atoms with van der Waals surface area (Å²) in [4.78, 5) is 13.7. The number of carbonyl (C=O) groups is 1. The van der Waals surface area contributed by atoms with Crippen molar-refractivity contribution in [3.63, 3.8) is 0 Å². The molecule has 0 aromatic rings. The summed E-state index contributed by atoms with van der Waals surface area (Å²) in [5.74, 6) is 0.660. The Bertz CT molecular complexity index is 379. The van der Waals surface area contributed by atoms with Crippen LogP contribution in [0.3, 0.4) is 0 Å². The average molecular weight is 276 g/mol. The molecule has 0 unspecified atom stereocenters. The van der Waals surface area contributed by atoms with Gasteiger partial charge in [-0.1, -0.05) is 13.8 Å². The fourth-order valence-electron chi connectivity index (χ4n) is 2.17. The largest absolute Gasteiger partial charge is 0.341 e. The summed E-state index contributed by atoms with van der Waals surface area (Å²) >= 11 is 0. The third-order valence-electron chi connectivity index (χ3n) is 3.09. The van der Waals surface area contributed by atoms with Crippen molar-refractivity contribution in [1.82, 2.24) is 9.62 Å². The van der Waals surface area contributed by atoms with Crippen molar-refractivity contribution in [2.45, 2.75) is 45.6 Å². The SMILES string of the molecule is CC(C)CCC(=O)N1CCC[C@@H](NS(C)(=O)=O)C1. The van der Waals surface area contributed by atoms with E-state index in [1.807, 2.05) is 0 Å². The van der Waals surface area contributed by atoms with Gasteiger partial charge in [0.05, 0.1) is 6.26 Å². The van der Waals surface area contributed by atoms with Crippen molar-refractivity contribution < 1.29 is 13.2 Å². The number of rotatable bonds is 5. The highest BCUT2D eigenvalue weighted by molar-refractivity contribution is 7.88. The second-order valence-corrected chi connectivity index (χ2v) is 7.28. The second-order valence-electron chi connectivity index (χ2n) is 5.50. The van der Waals surface area contributed by atoms with Gasteiger partial charge < -0.3 is 4.90 Å². The van der Waals surface area contributed by atoms with E-state index in [1.165, 1.54) is 0 Å². The van der Waals surface area contributed by atoms with Crippen LogP contribution in [0, 0.1) is 5.92 Å². The Morgan fingerprint density at radius 1 is 1.44 bits per heavy atom. The van der Waals surface area contributed by atoms with Gasteiger partial charge in [-0.15, -0.1) is 0 Å². The number of hydrogen-bond acceptors (Lipinski definition) is 3. The Labute approximate surface area is 110 Å². The zero-order chi connectivity index (χ0) is 13.8. The van der Waals surface area contributed by atoms with Crippen LogP contribution in [0.2, 0.25) is 0 Å². The maximum absolute atomic E-state index is 12.0. The fraction of sp³-hybridized carbons (Fsp3) is 0.917. The van der Waals surface area contributed by atoms with Crippen LogP contribution in [-0.4, -0.2) is 44.6 Å². The molecular weight excluding hydrogens is 252 g/mol. The van der Waals surface area contributed by atoms with Crippen LogP contribution < -0.4 is 4.72 Å². The molecule has 1 amide bonds. The molecule has 1 atom stereocenters. The number of likely N-dealkylation sites (tertiary alicyclic amines) is 1. The van der Waals surface area contributed by atoms with Gasteiger partial charge in [-0.3, -0.25) is 4.79 Å². The van der Waals surface area contributed by atoms with Gasteiger partial charge in [-0.2, -0.15) is 0 Å². The first-order chi connectivity index (χ1) is 8.28. The highest BCUT2D eigenvalue weighted by Crippen LogP contribution is 2.14. The number of amides is 1. The molecule has 0 aliphatic carbocycles. The van der Waals surface area contributed by atoms with Crippen molar-refractivity contribution in [3.05, 3.63) is 0 Å². The van der Waals surface area contributed by atoms with Crippen molar-refractivity contribution in [1.29, 1.82) is 0 Å². The van der Waals surface area contributed by atoms with Crippen molar-refractivity contribution in [3.8, 4) is 0 Å². The maximum atomic E-state index is 12.0. The lowest BCUT2D eigenvalue weighted by atomic mass is 10.0. The molecule has 1 aliphatic rings. The van der Waals surface area contributed by atoms with Crippen LogP contribution in [0.15, 0.2) is 0 Å². The normalized spacial score (nSPS) is 21.3. The summed E-state index contributed by atoms with van der Waals surface area (Å²) in [7, 11) is -3.19. The van der Waals surface area contributed by atoms with Gasteiger partial charge in [-0.05, 0) is 25.2 Å². The van der Waals surface area contributed by atoms with Gasteiger partial charge in [0.15, 0.2) is 0 Å². The molecule has 0 aromatic heterocycles. The van der Waals surface area contributed by atoms with E-state index in [0.29, 0.717) is 18.9 Å². The van der Waals surface area contributed by atoms with Gasteiger partial charge >= 0.3 is 0 Å². The summed E-state index contributed by atoms with van der Waals surface area (Å²) in [6.45, 7) is 5.44. The topological polar surface area (TPSA) is 66.5 Å². The minimum Gasteiger partial charge on any atom is -0.341 e. The van der Waals surface area contributed by atoms with Crippen LogP contribution in [0.25, 0.3) is 0 Å². The lowest BCUT2D eigenvalue weighted by molar-refractivity contribution is -0.132. The summed E-state index contributed by atoms with van der Waals surface area (Å²) < 4.78 is 24.9. The second kappa shape index (κ2) is 6.52. The fourth-order valence-corrected chi connectivity index (χ4v) is 2.97. The van der Waals surface area contributed by atoms with Gasteiger partial charge in [0.2, 0.25) is 15.9 Å². The molecule has 6 heteroatoms. The van der Waals surface area contributed by atoms with Gasteiger partial charge in [0.1, 0.15) is 0 Å². The Hall–Kier alpha value is -0.620. The first-order valence-electron chi connectivity index (χ1n) is 6.53. The Balaban J connectivity index is 2.45. The summed E-state index contributed by atoms with van der Waals surface area (Å²) in [5.41, 5.74) is 0. The van der Waals surface area contributed by atoms with E-state index < -0.39 is 10.0 Å². The lowest BCUT2D eigenvalue weighted by Gasteiger charge is -2.33. The Morgan fingerprint density at radius 3 is 2.67 bits per heavy atom. The van der Waals surface area contributed by atoms with Gasteiger partial charge in [0, 0.05) is 25.6 Å². The van der Waals surface area contributed by atoms with E-state index in [2.05, 4.69) is 18.6 Å². The predicted octanol–water partition coefficient (Wildman–Crippen LogP) is 0.963. The zero-order valence-electron chi connectivity index (χ0n) is 11.5. The summed E-state index contributed by atoms with van der Waals surface area (Å²) in [5, 5.41) is 0. The molecule has 106 valence electrons. The molecule has 0 spiro atoms. The molecule has 5 nitrogen and oxygen atoms in total. The first kappa shape index (κ1) is 15.4. The molecule has 1 fully saturated rings. The third kappa shape index (κ3) is 5.82. The Morgan fingerprint density at radius 2 is 2.11 bits per heavy atom. The number of nitrogens with one attached hydrogen (secondary N) is 1. The molecule has 18 heavy (non-hydrogen) atoms. The maximum Gasteiger partial charge on any atom is 0.222 e. The third-order valence-corrected chi connectivity index (χ3v) is 3.85. The summed E-state index contributed by atoms with van der Waals surface area (Å²) in [6.07, 6.45) is 4.27. The standard InChI is InChI=1S/C12H24N2O3S/c1-10(2)6-7-12(15)14-8-4-5-11(9-14)13-18(3,16)17/h10-11,13H,4-9H2,1-3H3/t11-/m1/s1. The molecule has 1 aliphatic heterocycles. The predicted molar refractivity (Wildman–Crippen MR) is 71.7 cm³/mol. The number of carbonyl (C=O) groups excluding carboxylic acids is 1. The molecule has 0 radical (unpaired) electrons. The molecule has 0 saturated carbocycles. The van der Waals surface area contributed by atoms with Crippen molar-refractivity contribution in [2.75, 3.05) is 19.3 Å². The minimum atomic E-state index is -3.19. The monoisotopic (exact) mass is 276 g/mol. The first-order valence-corrected chi connectivity index (χ1v) is 8.42. The molecule has 1 rings (SSSR count). The molecule has 1 N–H and O–H groups in total. The van der Waals surface area contributed by atoms with E-state index in [-0.39, 0.29) is 11.9 Å². The number of sulfonamides is 1. The average Bonchev–Trinajstić information content (AvgIpc) is 2.23. The molecule has 0 aromatic carbocycles. The van der Waals surface area contributed by atoms with E-state index >= 15 is 0 Å². The van der Waals surface area contributed by atoms with Crippen LogP contribution in [0.1, 0.15) is 39.5 Å². The number of hydrogen-bond donors (Lipinski definition) is 1. The number of piperidine rings is 1. The van der Waals surface area contributed by atoms with E-state index in [1.54, 1.807) is 4.90 Å². The van der Waals surface area contributed by atoms with E-state index in [0.717, 1.165) is 32.1 Å². The quantitative estimate of drug-likeness (QED) is 0.813. The molecule has 0 bridgehead atoms. The zero-order valence-corrected chi connectivity index (χ0v) is 12.3. The Kier molecular flexibility index (Phi) is 5.59. The highest BCUT2D eigenvalue weighted by atomic mass is 32.2. The smallest absolute Gasteiger partial charge is 0.222 e. The number of nitrogens with zero attached hydrogens (tertiary/aromatic N) is 1. The van der Waals surface area contributed by atoms with Crippen LogP contribution >= 0.6 is 0 Å². The van der Waals surface area contributed by atoms with Gasteiger partial charge in [-0.25, -0.2) is 13.1 Å². The lowest BCUT2D eigenvalue weighted by Crippen LogP contribution is -2.49. The van der Waals surface area contributed by atoms with Gasteiger partial charge in [0.25, 0.3) is 0 Å². The van der Waals surface area contributed by atoms with Crippen molar-refractivity contribution >= 4 is 15.9 Å². The van der Waals surface area contributed by atoms with Crippen LogP contribution in [-0.2, 0) is 14.8 Å². The minimum absolute atomic E-state index is 0.128. The van der Waals surface area contributed by atoms with Crippen LogP contribution in [0.4, 0.5) is 0 Å². The molecular formula is C12H24N2O3S. The van der Waals surface area contributed by atoms with E-state index in [4.69, 9.17) is 0 Å².